The Kier molecular flexibility index (Phi) is 39.7. The minimum absolute atomic E-state index is 0.00850. The number of carbonyl (C=O) groups is 5. The molecular formula is C50H93N5O25S. The number of hydrogen-bond acceptors (Lipinski definition) is 30. The van der Waals surface area contributed by atoms with Crippen molar-refractivity contribution in [1.82, 2.24) is 5.32 Å². The first kappa shape index (κ1) is 76.3. The van der Waals surface area contributed by atoms with E-state index >= 15 is 0 Å². The molecule has 0 aliphatic carbocycles. The normalized spacial score (nSPS) is 33.8. The molecule has 4 heterocycles. The Morgan fingerprint density at radius 1 is 0.481 bits per heavy atom. The third-order valence-corrected chi connectivity index (χ3v) is 14.1. The van der Waals surface area contributed by atoms with Crippen LogP contribution in [-0.2, 0) is 88.7 Å². The van der Waals surface area contributed by atoms with E-state index in [1.165, 1.54) is 42.3 Å². The fraction of sp³-hybridized carbons (Fsp3) is 0.900. The first-order valence-corrected chi connectivity index (χ1v) is 27.0. The number of ether oxygens (including phenoxy) is 10. The van der Waals surface area contributed by atoms with Crippen LogP contribution < -0.4 is 22.5 Å². The summed E-state index contributed by atoms with van der Waals surface area (Å²) in [6, 6.07) is -3.17. The lowest BCUT2D eigenvalue weighted by Crippen LogP contribution is -2.64. The molecule has 30 nitrogen and oxygen atoms in total. The predicted molar refractivity (Wildman–Crippen MR) is 284 cm³/mol. The molecule has 0 bridgehead atoms. The average molecular weight is 1200 g/mol. The highest BCUT2D eigenvalue weighted by atomic mass is 32.1. The fourth-order valence-electron chi connectivity index (χ4n) is 9.78. The Bertz CT molecular complexity index is 1770. The van der Waals surface area contributed by atoms with Gasteiger partial charge < -0.3 is 111 Å². The van der Waals surface area contributed by atoms with Crippen molar-refractivity contribution in [3.8, 4) is 0 Å². The molecule has 4 rings (SSSR count). The second-order valence-corrected chi connectivity index (χ2v) is 20.2. The molecule has 20 unspecified atom stereocenters. The second-order valence-electron chi connectivity index (χ2n) is 20.2. The van der Waals surface area contributed by atoms with Crippen LogP contribution in [0.3, 0.4) is 0 Å². The van der Waals surface area contributed by atoms with E-state index in [4.69, 9.17) is 74.6 Å². The summed E-state index contributed by atoms with van der Waals surface area (Å²) < 4.78 is 60.5. The van der Waals surface area contributed by atoms with Crippen LogP contribution in [0, 0.1) is 28.5 Å². The highest BCUT2D eigenvalue weighted by Gasteiger charge is 2.48. The van der Waals surface area contributed by atoms with Gasteiger partial charge in [0.1, 0.15) is 29.2 Å². The molecule has 20 atom stereocenters. The minimum Gasteiger partial charge on any atom is -0.394 e. The van der Waals surface area contributed by atoms with Gasteiger partial charge in [0.15, 0.2) is 0 Å². The fourth-order valence-corrected chi connectivity index (χ4v) is 9.78. The molecule has 0 spiro atoms. The summed E-state index contributed by atoms with van der Waals surface area (Å²) in [7, 11) is 5.91. The van der Waals surface area contributed by atoms with Crippen molar-refractivity contribution in [2.45, 2.75) is 150 Å². The molecule has 4 saturated heterocycles. The maximum absolute atomic E-state index is 12.6. The number of nitrogens with two attached hydrogens (primary N) is 3. The summed E-state index contributed by atoms with van der Waals surface area (Å²) in [6.07, 6.45) is -9.53. The number of hydrogen-bond donors (Lipinski definition) is 14. The van der Waals surface area contributed by atoms with Gasteiger partial charge in [-0.2, -0.15) is 0 Å². The molecule has 17 N–H and O–H groups in total. The number of amides is 1. The van der Waals surface area contributed by atoms with Gasteiger partial charge in [-0.3, -0.25) is 29.2 Å². The first-order chi connectivity index (χ1) is 38.6. The Labute approximate surface area is 477 Å². The summed E-state index contributed by atoms with van der Waals surface area (Å²) in [5.41, 5.74) is 18.2. The minimum atomic E-state index is -1.18. The van der Waals surface area contributed by atoms with E-state index < -0.39 is 134 Å². The van der Waals surface area contributed by atoms with Gasteiger partial charge in [0.2, 0.25) is 5.91 Å². The maximum atomic E-state index is 12.6. The van der Waals surface area contributed by atoms with Crippen LogP contribution >= 0.6 is 0 Å². The molecule has 4 fully saturated rings. The van der Waals surface area contributed by atoms with Gasteiger partial charge in [-0.1, -0.05) is 0 Å². The van der Waals surface area contributed by atoms with Gasteiger partial charge in [-0.25, -0.2) is 9.67 Å². The number of rotatable bonds is 32. The van der Waals surface area contributed by atoms with Crippen LogP contribution in [0.2, 0.25) is 0 Å². The van der Waals surface area contributed by atoms with E-state index in [-0.39, 0.29) is 128 Å². The van der Waals surface area contributed by atoms with Crippen LogP contribution in [-0.4, -0.2) is 287 Å². The second kappa shape index (κ2) is 42.1. The molecule has 474 valence electrons. The summed E-state index contributed by atoms with van der Waals surface area (Å²) in [5, 5.41) is 92.2. The number of Topliss-reactive ketones (excluding diaryl/α,β-unsaturated/α-hetero) is 4. The van der Waals surface area contributed by atoms with Crippen molar-refractivity contribution >= 4 is 41.5 Å². The molecule has 0 saturated carbocycles. The maximum Gasteiger partial charge on any atom is 0.220 e. The van der Waals surface area contributed by atoms with Gasteiger partial charge in [0, 0.05) is 83.8 Å². The lowest BCUT2D eigenvalue weighted by atomic mass is 9.85. The van der Waals surface area contributed by atoms with E-state index in [2.05, 4.69) is 22.6 Å². The summed E-state index contributed by atoms with van der Waals surface area (Å²) in [6.45, 7) is 1.87. The Balaban J connectivity index is 0.000000682. The molecule has 0 aromatic heterocycles. The molecular weight excluding hydrogens is 1100 g/mol. The monoisotopic (exact) mass is 1200 g/mol. The highest BCUT2D eigenvalue weighted by Crippen LogP contribution is 2.31. The zero-order valence-electron chi connectivity index (χ0n) is 47.2. The number of aliphatic hydroxyl groups excluding tert-OH is 8. The molecule has 31 heteroatoms. The smallest absolute Gasteiger partial charge is 0.220 e. The summed E-state index contributed by atoms with van der Waals surface area (Å²) in [5.74, 6) is -3.76. The van der Waals surface area contributed by atoms with Gasteiger partial charge >= 0.3 is 0 Å². The van der Waals surface area contributed by atoms with Gasteiger partial charge in [0.25, 0.3) is 0 Å². The number of nitrogens with one attached hydrogen (secondary N) is 2. The highest BCUT2D eigenvalue weighted by molar-refractivity contribution is 7.45. The molecule has 4 aliphatic heterocycles. The number of aliphatic hydroxyl groups is 8. The van der Waals surface area contributed by atoms with E-state index in [0.717, 1.165) is 0 Å². The van der Waals surface area contributed by atoms with E-state index in [1.54, 1.807) is 0 Å². The zero-order chi connectivity index (χ0) is 61.4. The van der Waals surface area contributed by atoms with Crippen molar-refractivity contribution in [2.24, 2.45) is 40.9 Å². The SMILES string of the molecule is CC(=O)CC(=O)CCCOO.COCC1OC(CO)C(COCC2OC(CO)C(COC)C(O)C2N)C(O)C1N.COCC1OC(CO)C(COCC2OC(CO)C(COC)C(O)C2NC(=O)CCC(=O)CC(C)=O)C(O)C1N.N=S. The largest absolute Gasteiger partial charge is 0.394 e. The topological polar surface area (TPSA) is 483 Å². The number of ketones is 4. The average Bonchev–Trinajstić information content (AvgIpc) is 3.52. The van der Waals surface area contributed by atoms with Crippen molar-refractivity contribution in [3.05, 3.63) is 0 Å². The van der Waals surface area contributed by atoms with Gasteiger partial charge in [-0.05, 0) is 20.3 Å². The van der Waals surface area contributed by atoms with Crippen LogP contribution in [0.4, 0.5) is 0 Å². The van der Waals surface area contributed by atoms with E-state index in [9.17, 15) is 64.8 Å². The quantitative estimate of drug-likeness (QED) is 0.0129. The Morgan fingerprint density at radius 2 is 0.815 bits per heavy atom. The third-order valence-electron chi connectivity index (χ3n) is 14.1. The van der Waals surface area contributed by atoms with Gasteiger partial charge in [-0.15, -0.1) is 0 Å². The molecule has 0 aromatic rings. The van der Waals surface area contributed by atoms with Crippen LogP contribution in [0.5, 0.6) is 0 Å². The number of methoxy groups -OCH3 is 4. The summed E-state index contributed by atoms with van der Waals surface area (Å²) in [4.78, 5) is 60.5. The lowest BCUT2D eigenvalue weighted by molar-refractivity contribution is -0.242. The lowest BCUT2D eigenvalue weighted by Gasteiger charge is -2.45. The van der Waals surface area contributed by atoms with Crippen molar-refractivity contribution in [3.63, 3.8) is 0 Å². The van der Waals surface area contributed by atoms with Crippen LogP contribution in [0.1, 0.15) is 52.4 Å². The third kappa shape index (κ3) is 25.4. The van der Waals surface area contributed by atoms with E-state index in [1.807, 2.05) is 0 Å². The Hall–Kier alpha value is -2.75. The van der Waals surface area contributed by atoms with E-state index in [0.29, 0.717) is 12.8 Å². The van der Waals surface area contributed by atoms with Crippen molar-refractivity contribution < 1.29 is 122 Å². The van der Waals surface area contributed by atoms with Crippen molar-refractivity contribution in [2.75, 3.05) is 114 Å². The number of carbonyl (C=O) groups excluding carboxylic acids is 5. The standard InChI is InChI=1S/C25H44N2O12.C18H36N2O9.C7H12O4.HNS/c1-13(30)6-14(31)4-5-21(32)27-23-20(39-17(7-28)15(9-35-2)25(23)34)12-37-10-16-18(8-29)38-19(11-36-3)22(26)24(16)33;1-25-5-9-11(3-21)29-14(16(20)17(9)23)8-27-6-10-12(4-22)28-13(7-26-2)15(19)18(10)24;1-6(8)5-7(9)3-2-4-11-10;1-2/h15-20,22-25,28-29,33-34H,4-12,26H2,1-3H3,(H,27,32);9-18,21-24H,3-8,19-20H2,1-2H3;10H,2-5H2,1H3;1H. The predicted octanol–water partition coefficient (Wildman–Crippen LogP) is -5.57. The molecule has 1 amide bonds. The van der Waals surface area contributed by atoms with Crippen molar-refractivity contribution in [1.29, 1.82) is 4.78 Å². The van der Waals surface area contributed by atoms with Crippen LogP contribution in [0.15, 0.2) is 0 Å². The zero-order valence-corrected chi connectivity index (χ0v) is 48.0. The van der Waals surface area contributed by atoms with Gasteiger partial charge in [0.05, 0.1) is 190 Å². The molecule has 81 heavy (non-hydrogen) atoms. The molecule has 0 aromatic carbocycles. The summed E-state index contributed by atoms with van der Waals surface area (Å²) >= 11 is 3.33. The Morgan fingerprint density at radius 3 is 1.17 bits per heavy atom. The molecule has 0 radical (unpaired) electrons. The first-order valence-electron chi connectivity index (χ1n) is 26.6. The van der Waals surface area contributed by atoms with Crippen LogP contribution in [0.25, 0.3) is 0 Å². The molecule has 4 aliphatic rings.